The van der Waals surface area contributed by atoms with Crippen LogP contribution in [0.1, 0.15) is 43.3 Å². The van der Waals surface area contributed by atoms with E-state index in [4.69, 9.17) is 12.2 Å². The van der Waals surface area contributed by atoms with Crippen LogP contribution >= 0.6 is 12.2 Å². The fourth-order valence-electron chi connectivity index (χ4n) is 3.73. The summed E-state index contributed by atoms with van der Waals surface area (Å²) in [4.78, 5) is 29.4. The van der Waals surface area contributed by atoms with Gasteiger partial charge in [-0.25, -0.2) is 9.55 Å². The molecule has 130 valence electrons. The van der Waals surface area contributed by atoms with Gasteiger partial charge in [0.25, 0.3) is 5.91 Å². The molecule has 4 rings (SSSR count). The van der Waals surface area contributed by atoms with Crippen molar-refractivity contribution in [2.24, 2.45) is 0 Å². The van der Waals surface area contributed by atoms with Crippen molar-refractivity contribution in [1.82, 2.24) is 14.9 Å². The molecular formula is C18H20N4O2S. The van der Waals surface area contributed by atoms with Gasteiger partial charge < -0.3 is 10.6 Å². The van der Waals surface area contributed by atoms with E-state index in [9.17, 15) is 9.59 Å². The molecule has 1 aliphatic carbocycles. The van der Waals surface area contributed by atoms with E-state index < -0.39 is 6.04 Å². The number of carbonyl (C=O) groups excluding carboxylic acids is 2. The first-order chi connectivity index (χ1) is 12.1. The topological polar surface area (TPSA) is 76.0 Å². The quantitative estimate of drug-likeness (QED) is 0.827. The van der Waals surface area contributed by atoms with Gasteiger partial charge in [-0.15, -0.1) is 0 Å². The molecule has 0 radical (unpaired) electrons. The SMILES string of the molecule is O=C(CC1Nc2c3ccccc3nc(=S)n2C1=O)NC1CCCCC1. The first-order valence-electron chi connectivity index (χ1n) is 8.75. The summed E-state index contributed by atoms with van der Waals surface area (Å²) in [6.07, 6.45) is 5.71. The normalized spacial score (nSPS) is 20.3. The van der Waals surface area contributed by atoms with E-state index >= 15 is 0 Å². The van der Waals surface area contributed by atoms with Gasteiger partial charge in [0, 0.05) is 11.4 Å². The predicted octanol–water partition coefficient (Wildman–Crippen LogP) is 3.04. The number of hydrogen-bond donors (Lipinski definition) is 2. The molecule has 1 fully saturated rings. The number of hydrogen-bond acceptors (Lipinski definition) is 5. The molecular weight excluding hydrogens is 336 g/mol. The van der Waals surface area contributed by atoms with Gasteiger partial charge in [-0.05, 0) is 37.2 Å². The van der Waals surface area contributed by atoms with Gasteiger partial charge >= 0.3 is 0 Å². The molecule has 1 aromatic heterocycles. The van der Waals surface area contributed by atoms with Crippen LogP contribution < -0.4 is 10.6 Å². The third kappa shape index (κ3) is 3.04. The van der Waals surface area contributed by atoms with Crippen LogP contribution in [-0.2, 0) is 4.79 Å². The summed E-state index contributed by atoms with van der Waals surface area (Å²) < 4.78 is 1.64. The predicted molar refractivity (Wildman–Crippen MR) is 98.2 cm³/mol. The van der Waals surface area contributed by atoms with Crippen molar-refractivity contribution in [3.8, 4) is 0 Å². The zero-order chi connectivity index (χ0) is 17.4. The maximum absolute atomic E-state index is 12.7. The Balaban J connectivity index is 1.54. The molecule has 0 spiro atoms. The third-order valence-corrected chi connectivity index (χ3v) is 5.25. The number of rotatable bonds is 3. The number of amides is 1. The van der Waals surface area contributed by atoms with Crippen LogP contribution in [0.3, 0.4) is 0 Å². The Hall–Kier alpha value is -2.28. The number of para-hydroxylation sites is 1. The minimum atomic E-state index is -0.599. The molecule has 0 saturated heterocycles. The smallest absolute Gasteiger partial charge is 0.257 e. The number of nitrogens with one attached hydrogen (secondary N) is 2. The Morgan fingerprint density at radius 2 is 2.04 bits per heavy atom. The van der Waals surface area contributed by atoms with Crippen LogP contribution in [0.25, 0.3) is 10.9 Å². The van der Waals surface area contributed by atoms with Crippen molar-refractivity contribution in [2.45, 2.75) is 50.6 Å². The van der Waals surface area contributed by atoms with E-state index in [1.807, 2.05) is 24.3 Å². The Morgan fingerprint density at radius 3 is 2.84 bits per heavy atom. The van der Waals surface area contributed by atoms with Gasteiger partial charge in [0.15, 0.2) is 0 Å². The lowest BCUT2D eigenvalue weighted by molar-refractivity contribution is -0.122. The van der Waals surface area contributed by atoms with Gasteiger partial charge in [0.05, 0.1) is 11.9 Å². The van der Waals surface area contributed by atoms with E-state index in [-0.39, 0.29) is 29.0 Å². The number of aromatic nitrogens is 2. The van der Waals surface area contributed by atoms with Crippen LogP contribution in [0.5, 0.6) is 0 Å². The summed E-state index contributed by atoms with van der Waals surface area (Å²) in [6, 6.07) is 7.17. The second kappa shape index (κ2) is 6.55. The zero-order valence-corrected chi connectivity index (χ0v) is 14.6. The van der Waals surface area contributed by atoms with Gasteiger partial charge in [-0.2, -0.15) is 0 Å². The lowest BCUT2D eigenvalue weighted by Crippen LogP contribution is -2.40. The molecule has 2 N–H and O–H groups in total. The van der Waals surface area contributed by atoms with Crippen LogP contribution in [0.15, 0.2) is 24.3 Å². The van der Waals surface area contributed by atoms with Gasteiger partial charge in [0.1, 0.15) is 11.9 Å². The molecule has 1 atom stereocenters. The average Bonchev–Trinajstić information content (AvgIpc) is 2.93. The summed E-state index contributed by atoms with van der Waals surface area (Å²) in [5, 5.41) is 7.08. The van der Waals surface area contributed by atoms with E-state index in [0.29, 0.717) is 5.82 Å². The molecule has 7 heteroatoms. The number of nitrogens with zero attached hydrogens (tertiary/aromatic N) is 2. The lowest BCUT2D eigenvalue weighted by atomic mass is 9.95. The Kier molecular flexibility index (Phi) is 4.25. The standard InChI is InChI=1S/C18H20N4O2S/c23-15(19-11-6-2-1-3-7-11)10-14-17(24)22-16(20-14)12-8-4-5-9-13(12)21-18(22)25/h4-5,8-9,11,14,20H,1-3,6-7,10H2,(H,19,23). The van der Waals surface area contributed by atoms with Gasteiger partial charge in [0.2, 0.25) is 10.7 Å². The largest absolute Gasteiger partial charge is 0.358 e. The second-order valence-electron chi connectivity index (χ2n) is 6.74. The summed E-state index contributed by atoms with van der Waals surface area (Å²) in [5.74, 6) is 0.336. The van der Waals surface area contributed by atoms with Crippen LogP contribution in [0, 0.1) is 4.77 Å². The highest BCUT2D eigenvalue weighted by Crippen LogP contribution is 2.28. The molecule has 1 aliphatic heterocycles. The Labute approximate surface area is 150 Å². The van der Waals surface area contributed by atoms with Crippen LogP contribution in [0.4, 0.5) is 5.82 Å². The van der Waals surface area contributed by atoms with Crippen molar-refractivity contribution < 1.29 is 9.59 Å². The second-order valence-corrected chi connectivity index (χ2v) is 7.10. The minimum absolute atomic E-state index is 0.0886. The molecule has 25 heavy (non-hydrogen) atoms. The monoisotopic (exact) mass is 356 g/mol. The summed E-state index contributed by atoms with van der Waals surface area (Å²) >= 11 is 5.27. The zero-order valence-electron chi connectivity index (χ0n) is 13.8. The number of benzene rings is 1. The Morgan fingerprint density at radius 1 is 1.28 bits per heavy atom. The number of anilines is 1. The number of fused-ring (bicyclic) bond motifs is 3. The highest BCUT2D eigenvalue weighted by Gasteiger charge is 2.33. The first-order valence-corrected chi connectivity index (χ1v) is 9.16. The van der Waals surface area contributed by atoms with E-state index in [2.05, 4.69) is 15.6 Å². The first kappa shape index (κ1) is 16.2. The van der Waals surface area contributed by atoms with Crippen molar-refractivity contribution in [3.63, 3.8) is 0 Å². The van der Waals surface area contributed by atoms with Gasteiger partial charge in [-0.1, -0.05) is 31.4 Å². The minimum Gasteiger partial charge on any atom is -0.358 e. The summed E-state index contributed by atoms with van der Waals surface area (Å²) in [6.45, 7) is 0. The fourth-order valence-corrected chi connectivity index (χ4v) is 4.01. The molecule has 6 nitrogen and oxygen atoms in total. The van der Waals surface area contributed by atoms with Crippen molar-refractivity contribution in [1.29, 1.82) is 0 Å². The molecule has 1 amide bonds. The summed E-state index contributed by atoms with van der Waals surface area (Å²) in [5.41, 5.74) is 0.742. The van der Waals surface area contributed by atoms with E-state index in [1.165, 1.54) is 11.0 Å². The van der Waals surface area contributed by atoms with Crippen LogP contribution in [0.2, 0.25) is 0 Å². The maximum Gasteiger partial charge on any atom is 0.257 e. The maximum atomic E-state index is 12.7. The average molecular weight is 356 g/mol. The molecule has 1 unspecified atom stereocenters. The molecule has 1 aromatic carbocycles. The lowest BCUT2D eigenvalue weighted by Gasteiger charge is -2.23. The van der Waals surface area contributed by atoms with Crippen LogP contribution in [-0.4, -0.2) is 33.4 Å². The highest BCUT2D eigenvalue weighted by atomic mass is 32.1. The van der Waals surface area contributed by atoms with Crippen molar-refractivity contribution >= 4 is 40.8 Å². The molecule has 0 bridgehead atoms. The number of carbonyl (C=O) groups is 2. The van der Waals surface area contributed by atoms with Crippen molar-refractivity contribution in [3.05, 3.63) is 29.0 Å². The van der Waals surface area contributed by atoms with E-state index in [0.717, 1.165) is 36.6 Å². The Bertz CT molecular complexity index is 902. The summed E-state index contributed by atoms with van der Waals surface area (Å²) in [7, 11) is 0. The van der Waals surface area contributed by atoms with E-state index in [1.54, 1.807) is 0 Å². The van der Waals surface area contributed by atoms with Crippen molar-refractivity contribution in [2.75, 3.05) is 5.32 Å². The molecule has 2 aliphatic rings. The molecule has 2 heterocycles. The molecule has 2 aromatic rings. The molecule has 1 saturated carbocycles. The van der Waals surface area contributed by atoms with Gasteiger partial charge in [-0.3, -0.25) is 9.59 Å². The highest BCUT2D eigenvalue weighted by molar-refractivity contribution is 7.71. The fraction of sp³-hybridized carbons (Fsp3) is 0.444. The third-order valence-electron chi connectivity index (χ3n) is 4.98.